The number of rotatable bonds is 4. The van der Waals surface area contributed by atoms with Gasteiger partial charge in [-0.2, -0.15) is 0 Å². The smallest absolute Gasteiger partial charge is 0.132 e. The lowest BCUT2D eigenvalue weighted by molar-refractivity contribution is 0.0891. The molecule has 4 nitrogen and oxygen atoms in total. The lowest BCUT2D eigenvalue weighted by atomic mass is 10.0. The number of para-hydroxylation sites is 1. The standard InChI is InChI=1S/C17H23N3O/c1-21-15-6-4-10-20(12-15)17-14(8-9-18)11-13-5-2-3-7-16(13)19-17/h2-3,5,7,11,15H,4,6,8-10,12,18H2,1H3. The predicted molar refractivity (Wildman–Crippen MR) is 86.7 cm³/mol. The van der Waals surface area contributed by atoms with Gasteiger partial charge in [0.2, 0.25) is 0 Å². The molecule has 1 fully saturated rings. The van der Waals surface area contributed by atoms with E-state index in [-0.39, 0.29) is 0 Å². The summed E-state index contributed by atoms with van der Waals surface area (Å²) in [7, 11) is 1.79. The Bertz CT molecular complexity index is 614. The third-order valence-electron chi connectivity index (χ3n) is 4.20. The fraction of sp³-hybridized carbons (Fsp3) is 0.471. The van der Waals surface area contributed by atoms with Crippen LogP contribution in [0.4, 0.5) is 5.82 Å². The van der Waals surface area contributed by atoms with E-state index in [1.165, 1.54) is 10.9 Å². The lowest BCUT2D eigenvalue weighted by Crippen LogP contribution is -2.40. The second-order valence-electron chi connectivity index (χ2n) is 5.65. The van der Waals surface area contributed by atoms with Gasteiger partial charge in [0.05, 0.1) is 11.6 Å². The van der Waals surface area contributed by atoms with Gasteiger partial charge in [0.15, 0.2) is 0 Å². The molecule has 0 amide bonds. The molecular weight excluding hydrogens is 262 g/mol. The zero-order valence-electron chi connectivity index (χ0n) is 12.6. The van der Waals surface area contributed by atoms with Crippen LogP contribution in [0.5, 0.6) is 0 Å². The van der Waals surface area contributed by atoms with E-state index in [1.54, 1.807) is 7.11 Å². The Morgan fingerprint density at radius 2 is 2.24 bits per heavy atom. The van der Waals surface area contributed by atoms with Crippen LogP contribution in [-0.4, -0.2) is 37.8 Å². The van der Waals surface area contributed by atoms with Gasteiger partial charge in [0.1, 0.15) is 5.82 Å². The average molecular weight is 285 g/mol. The van der Waals surface area contributed by atoms with Crippen molar-refractivity contribution in [1.29, 1.82) is 0 Å². The molecule has 1 aliphatic heterocycles. The number of ether oxygens (including phenoxy) is 1. The van der Waals surface area contributed by atoms with Crippen molar-refractivity contribution < 1.29 is 4.74 Å². The molecule has 0 aliphatic carbocycles. The molecular formula is C17H23N3O. The number of fused-ring (bicyclic) bond motifs is 1. The molecule has 2 heterocycles. The molecule has 2 aromatic rings. The van der Waals surface area contributed by atoms with E-state index in [4.69, 9.17) is 15.5 Å². The molecule has 21 heavy (non-hydrogen) atoms. The highest BCUT2D eigenvalue weighted by Crippen LogP contribution is 2.27. The van der Waals surface area contributed by atoms with E-state index in [2.05, 4.69) is 29.2 Å². The van der Waals surface area contributed by atoms with Crippen molar-refractivity contribution in [2.45, 2.75) is 25.4 Å². The maximum atomic E-state index is 5.79. The summed E-state index contributed by atoms with van der Waals surface area (Å²) in [5, 5.41) is 1.19. The molecule has 0 radical (unpaired) electrons. The maximum absolute atomic E-state index is 5.79. The summed E-state index contributed by atoms with van der Waals surface area (Å²) in [5.74, 6) is 1.08. The van der Waals surface area contributed by atoms with Crippen LogP contribution in [-0.2, 0) is 11.2 Å². The molecule has 4 heteroatoms. The van der Waals surface area contributed by atoms with Crippen LogP contribution in [0.3, 0.4) is 0 Å². The molecule has 1 aromatic heterocycles. The first-order valence-corrected chi connectivity index (χ1v) is 7.68. The van der Waals surface area contributed by atoms with Crippen molar-refractivity contribution in [3.05, 3.63) is 35.9 Å². The Morgan fingerprint density at radius 1 is 1.38 bits per heavy atom. The topological polar surface area (TPSA) is 51.4 Å². The summed E-state index contributed by atoms with van der Waals surface area (Å²) in [6.45, 7) is 2.61. The number of pyridine rings is 1. The summed E-state index contributed by atoms with van der Waals surface area (Å²) in [6, 6.07) is 10.5. The first kappa shape index (κ1) is 14.3. The maximum Gasteiger partial charge on any atom is 0.132 e. The van der Waals surface area contributed by atoms with Crippen LogP contribution in [0.15, 0.2) is 30.3 Å². The van der Waals surface area contributed by atoms with E-state index in [0.717, 1.165) is 43.7 Å². The van der Waals surface area contributed by atoms with Crippen LogP contribution in [0.2, 0.25) is 0 Å². The van der Waals surface area contributed by atoms with E-state index >= 15 is 0 Å². The van der Waals surface area contributed by atoms with Gasteiger partial charge < -0.3 is 15.4 Å². The number of methoxy groups -OCH3 is 1. The number of piperidine rings is 1. The van der Waals surface area contributed by atoms with Crippen molar-refractivity contribution >= 4 is 16.7 Å². The Hall–Kier alpha value is -1.65. The van der Waals surface area contributed by atoms with Crippen LogP contribution in [0.1, 0.15) is 18.4 Å². The van der Waals surface area contributed by atoms with Crippen molar-refractivity contribution in [2.24, 2.45) is 5.73 Å². The van der Waals surface area contributed by atoms with Gasteiger partial charge in [0, 0.05) is 25.6 Å². The minimum atomic E-state index is 0.303. The normalized spacial score (nSPS) is 19.1. The number of anilines is 1. The minimum Gasteiger partial charge on any atom is -0.380 e. The fourth-order valence-electron chi connectivity index (χ4n) is 3.09. The van der Waals surface area contributed by atoms with Gasteiger partial charge in [-0.15, -0.1) is 0 Å². The van der Waals surface area contributed by atoms with Gasteiger partial charge in [0.25, 0.3) is 0 Å². The molecule has 1 aliphatic rings. The second kappa shape index (κ2) is 6.41. The van der Waals surface area contributed by atoms with E-state index in [0.29, 0.717) is 12.6 Å². The van der Waals surface area contributed by atoms with Crippen molar-refractivity contribution in [1.82, 2.24) is 4.98 Å². The molecule has 1 aromatic carbocycles. The Balaban J connectivity index is 2.00. The summed E-state index contributed by atoms with van der Waals surface area (Å²) in [4.78, 5) is 7.26. The Morgan fingerprint density at radius 3 is 3.05 bits per heavy atom. The minimum absolute atomic E-state index is 0.303. The highest BCUT2D eigenvalue weighted by Gasteiger charge is 2.22. The highest BCUT2D eigenvalue weighted by molar-refractivity contribution is 5.81. The zero-order valence-corrected chi connectivity index (χ0v) is 12.6. The van der Waals surface area contributed by atoms with Crippen LogP contribution >= 0.6 is 0 Å². The molecule has 112 valence electrons. The third-order valence-corrected chi connectivity index (χ3v) is 4.20. The van der Waals surface area contributed by atoms with Gasteiger partial charge in [-0.1, -0.05) is 18.2 Å². The van der Waals surface area contributed by atoms with Gasteiger partial charge in [-0.05, 0) is 43.5 Å². The number of nitrogens with two attached hydrogens (primary N) is 1. The van der Waals surface area contributed by atoms with E-state index < -0.39 is 0 Å². The molecule has 0 saturated carbocycles. The molecule has 2 N–H and O–H groups in total. The molecule has 1 unspecified atom stereocenters. The molecule has 1 atom stereocenters. The molecule has 0 spiro atoms. The predicted octanol–water partition coefficient (Wildman–Crippen LogP) is 2.35. The number of nitrogens with zero attached hydrogens (tertiary/aromatic N) is 2. The van der Waals surface area contributed by atoms with Gasteiger partial charge >= 0.3 is 0 Å². The molecule has 0 bridgehead atoms. The number of benzene rings is 1. The summed E-state index contributed by atoms with van der Waals surface area (Å²) in [5.41, 5.74) is 8.08. The zero-order chi connectivity index (χ0) is 14.7. The van der Waals surface area contributed by atoms with E-state index in [1.807, 2.05) is 6.07 Å². The van der Waals surface area contributed by atoms with E-state index in [9.17, 15) is 0 Å². The molecule has 1 saturated heterocycles. The van der Waals surface area contributed by atoms with Gasteiger partial charge in [-0.25, -0.2) is 4.98 Å². The monoisotopic (exact) mass is 285 g/mol. The highest BCUT2D eigenvalue weighted by atomic mass is 16.5. The third kappa shape index (κ3) is 3.01. The number of aromatic nitrogens is 1. The van der Waals surface area contributed by atoms with Crippen molar-refractivity contribution in [3.8, 4) is 0 Å². The Labute approximate surface area is 125 Å². The summed E-state index contributed by atoms with van der Waals surface area (Å²) in [6.07, 6.45) is 3.45. The summed E-state index contributed by atoms with van der Waals surface area (Å²) < 4.78 is 5.54. The Kier molecular flexibility index (Phi) is 4.36. The number of hydrogen-bond donors (Lipinski definition) is 1. The van der Waals surface area contributed by atoms with Crippen molar-refractivity contribution in [3.63, 3.8) is 0 Å². The van der Waals surface area contributed by atoms with Crippen LogP contribution in [0.25, 0.3) is 10.9 Å². The fourth-order valence-corrected chi connectivity index (χ4v) is 3.09. The summed E-state index contributed by atoms with van der Waals surface area (Å²) >= 11 is 0. The SMILES string of the molecule is COC1CCCN(c2nc3ccccc3cc2CCN)C1. The largest absolute Gasteiger partial charge is 0.380 e. The van der Waals surface area contributed by atoms with Crippen LogP contribution in [0, 0.1) is 0 Å². The first-order valence-electron chi connectivity index (χ1n) is 7.68. The lowest BCUT2D eigenvalue weighted by Gasteiger charge is -2.34. The molecule has 3 rings (SSSR count). The average Bonchev–Trinajstić information content (AvgIpc) is 2.54. The number of hydrogen-bond acceptors (Lipinski definition) is 4. The van der Waals surface area contributed by atoms with Crippen LogP contribution < -0.4 is 10.6 Å². The second-order valence-corrected chi connectivity index (χ2v) is 5.65. The first-order chi connectivity index (χ1) is 10.3. The van der Waals surface area contributed by atoms with Gasteiger partial charge in [-0.3, -0.25) is 0 Å². The van der Waals surface area contributed by atoms with Crippen molar-refractivity contribution in [2.75, 3.05) is 31.6 Å². The quantitative estimate of drug-likeness (QED) is 0.937.